The highest BCUT2D eigenvalue weighted by molar-refractivity contribution is 7.92. The zero-order valence-corrected chi connectivity index (χ0v) is 10.7. The van der Waals surface area contributed by atoms with Crippen molar-refractivity contribution in [3.05, 3.63) is 36.4 Å². The summed E-state index contributed by atoms with van der Waals surface area (Å²) < 4.78 is 45.6. The molecule has 0 fully saturated rings. The van der Waals surface area contributed by atoms with Gasteiger partial charge in [0.2, 0.25) is 20.0 Å². The van der Waals surface area contributed by atoms with E-state index >= 15 is 0 Å². The minimum absolute atomic E-state index is 0.497. The van der Waals surface area contributed by atoms with Gasteiger partial charge in [0, 0.05) is 0 Å². The van der Waals surface area contributed by atoms with Crippen molar-refractivity contribution in [2.24, 2.45) is 10.3 Å². The Morgan fingerprint density at radius 1 is 0.722 bits per heavy atom. The maximum Gasteiger partial charge on any atom is 0.239 e. The van der Waals surface area contributed by atoms with Gasteiger partial charge in [-0.05, 0) is 22.9 Å². The average molecular weight is 286 g/mol. The number of hydrogen-bond acceptors (Lipinski definition) is 4. The van der Waals surface area contributed by atoms with Gasteiger partial charge in [-0.3, -0.25) is 0 Å². The molecule has 0 radical (unpaired) electrons. The van der Waals surface area contributed by atoms with Crippen LogP contribution in [0.3, 0.4) is 0 Å². The third-order valence-electron chi connectivity index (χ3n) is 2.43. The highest BCUT2D eigenvalue weighted by Gasteiger charge is 2.22. The van der Waals surface area contributed by atoms with Crippen LogP contribution in [-0.4, -0.2) is 16.8 Å². The Bertz CT molecular complexity index is 756. The number of hydrogen-bond donors (Lipinski definition) is 2. The van der Waals surface area contributed by atoms with Crippen LogP contribution in [0.25, 0.3) is 10.8 Å². The predicted octanol–water partition coefficient (Wildman–Crippen LogP) is 0.135. The Kier molecular flexibility index (Phi) is 2.90. The normalized spacial score (nSPS) is 12.8. The van der Waals surface area contributed by atoms with Crippen LogP contribution in [0.2, 0.25) is 0 Å². The fourth-order valence-corrected chi connectivity index (χ4v) is 3.60. The summed E-state index contributed by atoms with van der Waals surface area (Å²) in [5, 5.41) is 11.1. The number of benzene rings is 2. The van der Waals surface area contributed by atoms with E-state index in [2.05, 4.69) is 0 Å². The molecule has 0 aliphatic rings. The average Bonchev–Trinajstić information content (AvgIpc) is 2.25. The highest BCUT2D eigenvalue weighted by Crippen LogP contribution is 2.25. The van der Waals surface area contributed by atoms with Crippen molar-refractivity contribution in [2.45, 2.75) is 9.79 Å². The van der Waals surface area contributed by atoms with E-state index in [4.69, 9.17) is 10.3 Å². The Hall–Kier alpha value is -1.48. The van der Waals surface area contributed by atoms with E-state index in [1.54, 1.807) is 24.3 Å². The van der Waals surface area contributed by atoms with Gasteiger partial charge in [-0.1, -0.05) is 24.3 Å². The molecule has 0 saturated carbocycles. The van der Waals surface area contributed by atoms with Crippen LogP contribution in [0.4, 0.5) is 0 Å². The molecule has 0 heterocycles. The van der Waals surface area contributed by atoms with Crippen LogP contribution in [0.15, 0.2) is 46.2 Å². The minimum atomic E-state index is -4.17. The van der Waals surface area contributed by atoms with Gasteiger partial charge < -0.3 is 0 Å². The SMILES string of the molecule is NS(=O)(=O)c1cc2ccccc2cc1S(N)(=O)=O. The number of primary sulfonamides is 2. The number of rotatable bonds is 2. The molecule has 0 saturated heterocycles. The third-order valence-corrected chi connectivity index (χ3v) is 4.46. The lowest BCUT2D eigenvalue weighted by atomic mass is 10.1. The van der Waals surface area contributed by atoms with Gasteiger partial charge in [-0.15, -0.1) is 0 Å². The maximum absolute atomic E-state index is 11.4. The molecule has 18 heavy (non-hydrogen) atoms. The van der Waals surface area contributed by atoms with Crippen LogP contribution in [0.1, 0.15) is 0 Å². The van der Waals surface area contributed by atoms with Gasteiger partial charge in [-0.2, -0.15) is 0 Å². The van der Waals surface area contributed by atoms with Crippen molar-refractivity contribution in [1.82, 2.24) is 0 Å². The van der Waals surface area contributed by atoms with Crippen LogP contribution in [0.5, 0.6) is 0 Å². The van der Waals surface area contributed by atoms with Crippen LogP contribution in [-0.2, 0) is 20.0 Å². The topological polar surface area (TPSA) is 120 Å². The molecule has 0 bridgehead atoms. The van der Waals surface area contributed by atoms with Gasteiger partial charge in [0.1, 0.15) is 9.79 Å². The third kappa shape index (κ3) is 2.36. The van der Waals surface area contributed by atoms with Gasteiger partial charge in [0.05, 0.1) is 0 Å². The summed E-state index contributed by atoms with van der Waals surface area (Å²) in [5.41, 5.74) is 0. The summed E-state index contributed by atoms with van der Waals surface area (Å²) >= 11 is 0. The molecule has 0 atom stereocenters. The molecule has 0 aliphatic carbocycles. The smallest absolute Gasteiger partial charge is 0.225 e. The van der Waals surface area contributed by atoms with E-state index < -0.39 is 29.8 Å². The molecule has 0 unspecified atom stereocenters. The van der Waals surface area contributed by atoms with E-state index in [-0.39, 0.29) is 0 Å². The van der Waals surface area contributed by atoms with Gasteiger partial charge in [0.15, 0.2) is 0 Å². The molecular formula is C10H10N2O4S2. The molecule has 0 spiro atoms. The fourth-order valence-electron chi connectivity index (χ4n) is 1.64. The molecule has 0 amide bonds. The molecule has 96 valence electrons. The summed E-state index contributed by atoms with van der Waals surface area (Å²) in [5.74, 6) is 0. The summed E-state index contributed by atoms with van der Waals surface area (Å²) in [6.45, 7) is 0. The van der Waals surface area contributed by atoms with Crippen molar-refractivity contribution in [3.63, 3.8) is 0 Å². The Labute approximate surface area is 104 Å². The van der Waals surface area contributed by atoms with Crippen molar-refractivity contribution in [1.29, 1.82) is 0 Å². The quantitative estimate of drug-likeness (QED) is 0.815. The first-order valence-corrected chi connectivity index (χ1v) is 7.87. The first-order valence-electron chi connectivity index (χ1n) is 4.78. The van der Waals surface area contributed by atoms with E-state index in [1.807, 2.05) is 0 Å². The van der Waals surface area contributed by atoms with Gasteiger partial charge in [0.25, 0.3) is 0 Å². The largest absolute Gasteiger partial charge is 0.239 e. The number of sulfonamides is 2. The summed E-state index contributed by atoms with van der Waals surface area (Å²) in [6.07, 6.45) is 0. The summed E-state index contributed by atoms with van der Waals surface area (Å²) in [7, 11) is -8.33. The zero-order chi connectivity index (χ0) is 13.6. The van der Waals surface area contributed by atoms with Crippen molar-refractivity contribution >= 4 is 30.8 Å². The molecular weight excluding hydrogens is 276 g/mol. The molecule has 0 aromatic heterocycles. The van der Waals surface area contributed by atoms with Gasteiger partial charge in [-0.25, -0.2) is 27.1 Å². The van der Waals surface area contributed by atoms with E-state index in [9.17, 15) is 16.8 Å². The first kappa shape index (κ1) is 13.0. The molecule has 2 aromatic rings. The second kappa shape index (κ2) is 4.02. The first-order chi connectivity index (χ1) is 8.19. The molecule has 8 heteroatoms. The Balaban J connectivity index is 2.99. The molecule has 2 aromatic carbocycles. The molecule has 0 aliphatic heterocycles. The summed E-state index contributed by atoms with van der Waals surface area (Å²) in [4.78, 5) is -0.993. The Morgan fingerprint density at radius 2 is 1.06 bits per heavy atom. The number of fused-ring (bicyclic) bond motifs is 1. The lowest BCUT2D eigenvalue weighted by molar-refractivity contribution is 0.584. The van der Waals surface area contributed by atoms with Crippen LogP contribution in [0, 0.1) is 0 Å². The van der Waals surface area contributed by atoms with Crippen LogP contribution >= 0.6 is 0 Å². The second-order valence-electron chi connectivity index (χ2n) is 3.74. The van der Waals surface area contributed by atoms with E-state index in [0.717, 1.165) is 0 Å². The molecule has 2 rings (SSSR count). The zero-order valence-electron chi connectivity index (χ0n) is 9.07. The lowest BCUT2D eigenvalue weighted by Gasteiger charge is -2.08. The summed E-state index contributed by atoms with van der Waals surface area (Å²) in [6, 6.07) is 9.10. The second-order valence-corrected chi connectivity index (χ2v) is 6.80. The number of nitrogens with two attached hydrogens (primary N) is 2. The van der Waals surface area contributed by atoms with Crippen molar-refractivity contribution in [3.8, 4) is 0 Å². The van der Waals surface area contributed by atoms with E-state index in [0.29, 0.717) is 10.8 Å². The maximum atomic E-state index is 11.4. The monoisotopic (exact) mass is 286 g/mol. The van der Waals surface area contributed by atoms with Gasteiger partial charge >= 0.3 is 0 Å². The van der Waals surface area contributed by atoms with Crippen molar-refractivity contribution < 1.29 is 16.8 Å². The fraction of sp³-hybridized carbons (Fsp3) is 0. The standard InChI is InChI=1S/C10H10N2O4S2/c11-17(13,14)9-5-7-3-1-2-4-8(7)6-10(9)18(12,15)16/h1-6H,(H2,11,13,14)(H2,12,15,16). The van der Waals surface area contributed by atoms with Crippen molar-refractivity contribution in [2.75, 3.05) is 0 Å². The predicted molar refractivity (Wildman–Crippen MR) is 66.7 cm³/mol. The Morgan fingerprint density at radius 3 is 1.33 bits per heavy atom. The molecule has 6 nitrogen and oxygen atoms in total. The van der Waals surface area contributed by atoms with Crippen LogP contribution < -0.4 is 10.3 Å². The molecule has 4 N–H and O–H groups in total. The lowest BCUT2D eigenvalue weighted by Crippen LogP contribution is -2.20. The minimum Gasteiger partial charge on any atom is -0.225 e. The van der Waals surface area contributed by atoms with E-state index in [1.165, 1.54) is 12.1 Å². The highest BCUT2D eigenvalue weighted by atomic mass is 32.2.